The molecule has 0 aliphatic heterocycles. The van der Waals surface area contributed by atoms with E-state index in [0.717, 1.165) is 35.2 Å². The molecule has 0 bridgehead atoms. The normalized spacial score (nSPS) is 11.4. The zero-order valence-corrected chi connectivity index (χ0v) is 16.4. The average molecular weight is 426 g/mol. The molecule has 1 N–H and O–H groups in total. The number of rotatable bonds is 4. The lowest BCUT2D eigenvalue weighted by molar-refractivity contribution is -0.137. The Hall–Kier alpha value is -2.58. The number of nitrogens with one attached hydrogen (secondary N) is 1. The van der Waals surface area contributed by atoms with Gasteiger partial charge >= 0.3 is 6.18 Å². The number of halogens is 4. The highest BCUT2D eigenvalue weighted by Crippen LogP contribution is 2.35. The van der Waals surface area contributed by atoms with Gasteiger partial charge in [0.05, 0.1) is 22.0 Å². The summed E-state index contributed by atoms with van der Waals surface area (Å²) in [6.45, 7) is 1.67. The summed E-state index contributed by atoms with van der Waals surface area (Å²) in [6.07, 6.45) is -4.53. The summed E-state index contributed by atoms with van der Waals surface area (Å²) in [4.78, 5) is 19.1. The van der Waals surface area contributed by atoms with E-state index in [1.165, 1.54) is 0 Å². The van der Waals surface area contributed by atoms with Gasteiger partial charge in [-0.05, 0) is 37.3 Å². The van der Waals surface area contributed by atoms with Crippen molar-refractivity contribution >= 4 is 45.4 Å². The van der Waals surface area contributed by atoms with Crippen LogP contribution in [0.25, 0.3) is 0 Å². The number of alkyl halides is 3. The van der Waals surface area contributed by atoms with Crippen molar-refractivity contribution in [2.75, 3.05) is 17.3 Å². The van der Waals surface area contributed by atoms with E-state index in [4.69, 9.17) is 11.6 Å². The van der Waals surface area contributed by atoms with Gasteiger partial charge in [-0.15, -0.1) is 0 Å². The summed E-state index contributed by atoms with van der Waals surface area (Å²) in [5, 5.41) is 3.06. The van der Waals surface area contributed by atoms with Crippen molar-refractivity contribution in [3.63, 3.8) is 0 Å². The van der Waals surface area contributed by atoms with Crippen molar-refractivity contribution in [2.24, 2.45) is 0 Å². The lowest BCUT2D eigenvalue weighted by Crippen LogP contribution is -2.13. The predicted octanol–water partition coefficient (Wildman–Crippen LogP) is 6.14. The number of anilines is 3. The predicted molar refractivity (Wildman–Crippen MR) is 106 cm³/mol. The first-order valence-electron chi connectivity index (χ1n) is 8.11. The molecule has 0 fully saturated rings. The van der Waals surface area contributed by atoms with Crippen molar-refractivity contribution in [1.82, 2.24) is 4.98 Å². The van der Waals surface area contributed by atoms with Gasteiger partial charge < -0.3 is 10.2 Å². The Morgan fingerprint density at radius 2 is 1.86 bits per heavy atom. The number of thiazole rings is 1. The summed E-state index contributed by atoms with van der Waals surface area (Å²) in [5.74, 6) is -0.566. The van der Waals surface area contributed by atoms with E-state index in [2.05, 4.69) is 10.3 Å². The number of hydrogen-bond acceptors (Lipinski definition) is 4. The van der Waals surface area contributed by atoms with Crippen LogP contribution in [0.5, 0.6) is 0 Å². The third kappa shape index (κ3) is 4.28. The maximum absolute atomic E-state index is 12.9. The largest absolute Gasteiger partial charge is 0.416 e. The Balaban J connectivity index is 1.85. The van der Waals surface area contributed by atoms with Crippen LogP contribution in [0, 0.1) is 6.92 Å². The van der Waals surface area contributed by atoms with E-state index >= 15 is 0 Å². The van der Waals surface area contributed by atoms with Gasteiger partial charge in [0.1, 0.15) is 4.88 Å². The quantitative estimate of drug-likeness (QED) is 0.545. The summed E-state index contributed by atoms with van der Waals surface area (Å²) >= 11 is 7.09. The molecule has 0 radical (unpaired) electrons. The zero-order chi connectivity index (χ0) is 20.5. The zero-order valence-electron chi connectivity index (χ0n) is 14.8. The van der Waals surface area contributed by atoms with Gasteiger partial charge in [-0.1, -0.05) is 41.1 Å². The second kappa shape index (κ2) is 7.81. The Morgan fingerprint density at radius 1 is 1.18 bits per heavy atom. The monoisotopic (exact) mass is 425 g/mol. The molecule has 3 aromatic rings. The van der Waals surface area contributed by atoms with E-state index in [-0.39, 0.29) is 10.7 Å². The molecule has 0 saturated heterocycles. The topological polar surface area (TPSA) is 45.2 Å². The molecule has 1 aromatic heterocycles. The van der Waals surface area contributed by atoms with Crippen LogP contribution in [0.15, 0.2) is 48.5 Å². The van der Waals surface area contributed by atoms with E-state index in [0.29, 0.717) is 15.7 Å². The molecule has 146 valence electrons. The van der Waals surface area contributed by atoms with E-state index in [1.54, 1.807) is 6.92 Å². The lowest BCUT2D eigenvalue weighted by atomic mass is 10.2. The van der Waals surface area contributed by atoms with Crippen LogP contribution in [-0.4, -0.2) is 17.9 Å². The highest BCUT2D eigenvalue weighted by molar-refractivity contribution is 7.17. The SMILES string of the molecule is Cc1nc(N(C)c2ccccc2)sc1C(=O)Nc1cc(C(F)(F)F)ccc1Cl. The van der Waals surface area contributed by atoms with Gasteiger partial charge in [-0.2, -0.15) is 13.2 Å². The third-order valence-corrected chi connectivity index (χ3v) is 5.53. The Kier molecular flexibility index (Phi) is 5.62. The minimum absolute atomic E-state index is 0.0187. The molecule has 0 aliphatic rings. The molecule has 0 saturated carbocycles. The molecule has 0 spiro atoms. The number of carbonyl (C=O) groups is 1. The maximum Gasteiger partial charge on any atom is 0.416 e. The van der Waals surface area contributed by atoms with Crippen LogP contribution < -0.4 is 10.2 Å². The van der Waals surface area contributed by atoms with Crippen LogP contribution >= 0.6 is 22.9 Å². The minimum atomic E-state index is -4.53. The summed E-state index contributed by atoms with van der Waals surface area (Å²) < 4.78 is 38.7. The number of benzene rings is 2. The molecule has 0 atom stereocenters. The standard InChI is InChI=1S/C19H15ClF3N3OS/c1-11-16(28-18(24-11)26(2)13-6-4-3-5-7-13)17(27)25-15-10-12(19(21,22)23)8-9-14(15)20/h3-10H,1-2H3,(H,25,27). The van der Waals surface area contributed by atoms with Crippen molar-refractivity contribution in [3.8, 4) is 0 Å². The van der Waals surface area contributed by atoms with E-state index in [1.807, 2.05) is 42.3 Å². The van der Waals surface area contributed by atoms with Crippen molar-refractivity contribution in [3.05, 3.63) is 69.7 Å². The lowest BCUT2D eigenvalue weighted by Gasteiger charge is -2.15. The Labute approximate surface area is 168 Å². The number of nitrogens with zero attached hydrogens (tertiary/aromatic N) is 2. The fraction of sp³-hybridized carbons (Fsp3) is 0.158. The van der Waals surface area contributed by atoms with Gasteiger partial charge in [0.2, 0.25) is 0 Å². The number of para-hydroxylation sites is 1. The molecule has 0 unspecified atom stereocenters. The van der Waals surface area contributed by atoms with Crippen molar-refractivity contribution in [2.45, 2.75) is 13.1 Å². The molecule has 9 heteroatoms. The van der Waals surface area contributed by atoms with Crippen LogP contribution in [0.1, 0.15) is 20.9 Å². The van der Waals surface area contributed by atoms with Gasteiger partial charge in [0.25, 0.3) is 5.91 Å². The van der Waals surface area contributed by atoms with Crippen LogP contribution in [0.4, 0.5) is 29.7 Å². The first-order chi connectivity index (χ1) is 13.2. The maximum atomic E-state index is 12.9. The van der Waals surface area contributed by atoms with Crippen molar-refractivity contribution < 1.29 is 18.0 Å². The second-order valence-electron chi connectivity index (χ2n) is 5.95. The highest BCUT2D eigenvalue weighted by atomic mass is 35.5. The Morgan fingerprint density at radius 3 is 2.50 bits per heavy atom. The molecule has 3 rings (SSSR count). The molecule has 28 heavy (non-hydrogen) atoms. The number of hydrogen-bond donors (Lipinski definition) is 1. The van der Waals surface area contributed by atoms with Gasteiger partial charge in [-0.3, -0.25) is 4.79 Å². The fourth-order valence-corrected chi connectivity index (χ4v) is 3.58. The number of aryl methyl sites for hydroxylation is 1. The first-order valence-corrected chi connectivity index (χ1v) is 9.30. The number of carbonyl (C=O) groups excluding carboxylic acids is 1. The van der Waals surface area contributed by atoms with Gasteiger partial charge in [0.15, 0.2) is 5.13 Å². The summed E-state index contributed by atoms with van der Waals surface area (Å²) in [6, 6.07) is 12.2. The van der Waals surface area contributed by atoms with Gasteiger partial charge in [0, 0.05) is 12.7 Å². The fourth-order valence-electron chi connectivity index (χ4n) is 2.47. The van der Waals surface area contributed by atoms with Gasteiger partial charge in [-0.25, -0.2) is 4.98 Å². The van der Waals surface area contributed by atoms with Crippen molar-refractivity contribution in [1.29, 1.82) is 0 Å². The average Bonchev–Trinajstić information content (AvgIpc) is 3.04. The molecule has 2 aromatic carbocycles. The highest BCUT2D eigenvalue weighted by Gasteiger charge is 2.31. The first kappa shape index (κ1) is 20.2. The van der Waals surface area contributed by atoms with Crippen LogP contribution in [-0.2, 0) is 6.18 Å². The van der Waals surface area contributed by atoms with Crippen LogP contribution in [0.2, 0.25) is 5.02 Å². The number of aromatic nitrogens is 1. The molecular weight excluding hydrogens is 411 g/mol. The smallest absolute Gasteiger partial charge is 0.321 e. The third-order valence-electron chi connectivity index (χ3n) is 3.96. The molecule has 1 amide bonds. The molecule has 0 aliphatic carbocycles. The molecule has 1 heterocycles. The van der Waals surface area contributed by atoms with Crippen LogP contribution in [0.3, 0.4) is 0 Å². The van der Waals surface area contributed by atoms with E-state index < -0.39 is 17.6 Å². The number of amides is 1. The summed E-state index contributed by atoms with van der Waals surface area (Å²) in [7, 11) is 1.82. The molecule has 4 nitrogen and oxygen atoms in total. The minimum Gasteiger partial charge on any atom is -0.321 e. The second-order valence-corrected chi connectivity index (χ2v) is 7.34. The van der Waals surface area contributed by atoms with E-state index in [9.17, 15) is 18.0 Å². The molecular formula is C19H15ClF3N3OS. The summed E-state index contributed by atoms with van der Waals surface area (Å²) in [5.41, 5.74) is 0.373. The Bertz CT molecular complexity index is 1010.